The highest BCUT2D eigenvalue weighted by molar-refractivity contribution is 5.95. The summed E-state index contributed by atoms with van der Waals surface area (Å²) < 4.78 is 13.7. The summed E-state index contributed by atoms with van der Waals surface area (Å²) in [6.07, 6.45) is 0.784. The molecule has 0 unspecified atom stereocenters. The second-order valence-electron chi connectivity index (χ2n) is 5.26. The lowest BCUT2D eigenvalue weighted by Crippen LogP contribution is -2.28. The fourth-order valence-electron chi connectivity index (χ4n) is 2.37. The molecule has 1 N–H and O–H groups in total. The van der Waals surface area contributed by atoms with Gasteiger partial charge in [-0.2, -0.15) is 0 Å². The van der Waals surface area contributed by atoms with Gasteiger partial charge in [0.1, 0.15) is 5.82 Å². The average Bonchev–Trinajstić information content (AvgIpc) is 2.54. The van der Waals surface area contributed by atoms with Gasteiger partial charge in [0.25, 0.3) is 5.91 Å². The Morgan fingerprint density at radius 2 is 1.73 bits per heavy atom. The Bertz CT molecular complexity index is 642. The predicted octanol–water partition coefficient (Wildman–Crippen LogP) is 2.86. The number of amides is 1. The molecule has 4 heteroatoms. The molecule has 0 radical (unpaired) electrons. The summed E-state index contributed by atoms with van der Waals surface area (Å²) in [5.41, 5.74) is 2.20. The molecule has 2 rings (SSSR count). The molecule has 3 nitrogen and oxygen atoms in total. The first kappa shape index (κ1) is 16.2. The lowest BCUT2D eigenvalue weighted by molar-refractivity contribution is 0.0783. The number of nitrogens with one attached hydrogen (secondary N) is 1. The fourth-order valence-corrected chi connectivity index (χ4v) is 2.37. The van der Waals surface area contributed by atoms with Gasteiger partial charge < -0.3 is 10.2 Å². The van der Waals surface area contributed by atoms with Crippen LogP contribution < -0.4 is 5.32 Å². The minimum Gasteiger partial charge on any atom is -0.337 e. The highest BCUT2D eigenvalue weighted by Gasteiger charge is 2.16. The molecule has 0 saturated carbocycles. The smallest absolute Gasteiger partial charge is 0.254 e. The maximum absolute atomic E-state index is 13.7. The van der Waals surface area contributed by atoms with Gasteiger partial charge in [0.2, 0.25) is 0 Å². The Labute approximate surface area is 130 Å². The Morgan fingerprint density at radius 1 is 1.09 bits per heavy atom. The number of hydrogen-bond acceptors (Lipinski definition) is 2. The van der Waals surface area contributed by atoms with Gasteiger partial charge in [-0.1, -0.05) is 36.4 Å². The van der Waals surface area contributed by atoms with Gasteiger partial charge in [-0.15, -0.1) is 0 Å². The van der Waals surface area contributed by atoms with Crippen molar-refractivity contribution in [2.24, 2.45) is 0 Å². The highest BCUT2D eigenvalue weighted by atomic mass is 19.1. The molecule has 0 atom stereocenters. The van der Waals surface area contributed by atoms with Crippen molar-refractivity contribution in [3.8, 4) is 0 Å². The van der Waals surface area contributed by atoms with Crippen LogP contribution in [0.15, 0.2) is 48.5 Å². The number of carbonyl (C=O) groups is 1. The van der Waals surface area contributed by atoms with E-state index in [0.717, 1.165) is 18.5 Å². The first-order valence-electron chi connectivity index (χ1n) is 7.35. The third-order valence-electron chi connectivity index (χ3n) is 3.60. The zero-order chi connectivity index (χ0) is 15.9. The Kier molecular flexibility index (Phi) is 5.67. The summed E-state index contributed by atoms with van der Waals surface area (Å²) in [6.45, 7) is 1.06. The molecule has 0 aliphatic rings. The zero-order valence-corrected chi connectivity index (χ0v) is 13.0. The normalized spacial score (nSPS) is 10.5. The van der Waals surface area contributed by atoms with Crippen LogP contribution in [0.5, 0.6) is 0 Å². The molecule has 0 aromatic heterocycles. The van der Waals surface area contributed by atoms with Crippen LogP contribution in [0.4, 0.5) is 4.39 Å². The second kappa shape index (κ2) is 7.71. The molecule has 0 spiro atoms. The van der Waals surface area contributed by atoms with Gasteiger partial charge in [-0.25, -0.2) is 4.39 Å². The first-order valence-corrected chi connectivity index (χ1v) is 7.35. The van der Waals surface area contributed by atoms with E-state index in [9.17, 15) is 9.18 Å². The number of benzene rings is 2. The molecule has 0 aliphatic carbocycles. The largest absolute Gasteiger partial charge is 0.337 e. The molecule has 0 aliphatic heterocycles. The number of rotatable bonds is 6. The number of halogens is 1. The van der Waals surface area contributed by atoms with Crippen LogP contribution in [0, 0.1) is 5.82 Å². The number of likely N-dealkylation sites (N-methyl/N-ethyl adjacent to an activating group) is 1. The summed E-state index contributed by atoms with van der Waals surface area (Å²) in [6, 6.07) is 14.1. The highest BCUT2D eigenvalue weighted by Crippen LogP contribution is 2.15. The van der Waals surface area contributed by atoms with E-state index in [0.29, 0.717) is 11.1 Å². The third-order valence-corrected chi connectivity index (χ3v) is 3.60. The van der Waals surface area contributed by atoms with Crippen LogP contribution in [0.1, 0.15) is 21.5 Å². The molecule has 0 fully saturated rings. The van der Waals surface area contributed by atoms with Crippen molar-refractivity contribution in [1.29, 1.82) is 0 Å². The molecule has 116 valence electrons. The van der Waals surface area contributed by atoms with Gasteiger partial charge in [-0.05, 0) is 37.7 Å². The van der Waals surface area contributed by atoms with Crippen LogP contribution in [-0.2, 0) is 13.0 Å². The topological polar surface area (TPSA) is 32.3 Å². The number of nitrogens with zero attached hydrogens (tertiary/aromatic N) is 1. The lowest BCUT2D eigenvalue weighted by Gasteiger charge is -2.19. The third kappa shape index (κ3) is 3.92. The van der Waals surface area contributed by atoms with E-state index in [2.05, 4.69) is 5.32 Å². The zero-order valence-electron chi connectivity index (χ0n) is 13.0. The maximum Gasteiger partial charge on any atom is 0.254 e. The molecule has 1 amide bonds. The molecule has 0 heterocycles. The van der Waals surface area contributed by atoms with Crippen molar-refractivity contribution in [3.05, 3.63) is 71.0 Å². The first-order chi connectivity index (χ1) is 10.6. The van der Waals surface area contributed by atoms with Crippen molar-refractivity contribution in [1.82, 2.24) is 10.2 Å². The van der Waals surface area contributed by atoms with Crippen LogP contribution in [0.3, 0.4) is 0 Å². The maximum atomic E-state index is 13.7. The van der Waals surface area contributed by atoms with Crippen molar-refractivity contribution >= 4 is 5.91 Å². The fraction of sp³-hybridized carbons (Fsp3) is 0.278. The van der Waals surface area contributed by atoms with Crippen LogP contribution in [0.25, 0.3) is 0 Å². The summed E-state index contributed by atoms with van der Waals surface area (Å²) in [7, 11) is 3.58. The van der Waals surface area contributed by atoms with Crippen LogP contribution in [-0.4, -0.2) is 31.4 Å². The Hall–Kier alpha value is -2.20. The molecular formula is C18H21FN2O. The molecular weight excluding hydrogens is 279 g/mol. The van der Waals surface area contributed by atoms with E-state index in [1.807, 2.05) is 31.3 Å². The average molecular weight is 300 g/mol. The van der Waals surface area contributed by atoms with Crippen molar-refractivity contribution in [3.63, 3.8) is 0 Å². The molecule has 0 bridgehead atoms. The van der Waals surface area contributed by atoms with Gasteiger partial charge in [-0.3, -0.25) is 4.79 Å². The predicted molar refractivity (Wildman–Crippen MR) is 86.3 cm³/mol. The van der Waals surface area contributed by atoms with Crippen LogP contribution in [0.2, 0.25) is 0 Å². The van der Waals surface area contributed by atoms with E-state index < -0.39 is 0 Å². The molecule has 0 saturated heterocycles. The van der Waals surface area contributed by atoms with E-state index in [1.54, 1.807) is 30.1 Å². The van der Waals surface area contributed by atoms with Crippen molar-refractivity contribution < 1.29 is 9.18 Å². The van der Waals surface area contributed by atoms with E-state index in [4.69, 9.17) is 0 Å². The Balaban J connectivity index is 2.15. The van der Waals surface area contributed by atoms with Gasteiger partial charge in [0, 0.05) is 24.7 Å². The standard InChI is InChI=1S/C18H21FN2O/c1-20-12-11-14-7-3-5-9-16(14)18(22)21(2)13-15-8-4-6-10-17(15)19/h3-10,20H,11-13H2,1-2H3. The summed E-state index contributed by atoms with van der Waals surface area (Å²) >= 11 is 0. The van der Waals surface area contributed by atoms with Gasteiger partial charge in [0.05, 0.1) is 0 Å². The summed E-state index contributed by atoms with van der Waals surface area (Å²) in [5.74, 6) is -0.374. The molecule has 2 aromatic carbocycles. The van der Waals surface area contributed by atoms with E-state index in [1.165, 1.54) is 6.07 Å². The summed E-state index contributed by atoms with van der Waals surface area (Å²) in [4.78, 5) is 14.2. The number of hydrogen-bond donors (Lipinski definition) is 1. The van der Waals surface area contributed by atoms with E-state index in [-0.39, 0.29) is 18.3 Å². The monoisotopic (exact) mass is 300 g/mol. The lowest BCUT2D eigenvalue weighted by atomic mass is 10.0. The van der Waals surface area contributed by atoms with Crippen LogP contribution >= 0.6 is 0 Å². The summed E-state index contributed by atoms with van der Waals surface area (Å²) in [5, 5.41) is 3.08. The van der Waals surface area contributed by atoms with Gasteiger partial charge >= 0.3 is 0 Å². The quantitative estimate of drug-likeness (QED) is 0.889. The second-order valence-corrected chi connectivity index (χ2v) is 5.26. The Morgan fingerprint density at radius 3 is 2.41 bits per heavy atom. The minimum atomic E-state index is -0.286. The molecule has 2 aromatic rings. The minimum absolute atomic E-state index is 0.0880. The van der Waals surface area contributed by atoms with Gasteiger partial charge in [0.15, 0.2) is 0 Å². The van der Waals surface area contributed by atoms with E-state index >= 15 is 0 Å². The van der Waals surface area contributed by atoms with Crippen molar-refractivity contribution in [2.45, 2.75) is 13.0 Å². The SMILES string of the molecule is CNCCc1ccccc1C(=O)N(C)Cc1ccccc1F. The molecule has 22 heavy (non-hydrogen) atoms. The van der Waals surface area contributed by atoms with Crippen molar-refractivity contribution in [2.75, 3.05) is 20.6 Å². The number of carbonyl (C=O) groups excluding carboxylic acids is 1.